The van der Waals surface area contributed by atoms with E-state index >= 15 is 0 Å². The van der Waals surface area contributed by atoms with Gasteiger partial charge in [-0.15, -0.1) is 0 Å². The molecule has 0 rings (SSSR count). The van der Waals surface area contributed by atoms with Gasteiger partial charge in [-0.1, -0.05) is 0 Å². The summed E-state index contributed by atoms with van der Waals surface area (Å²) in [5.41, 5.74) is 0. The van der Waals surface area contributed by atoms with Gasteiger partial charge < -0.3 is 19.2 Å². The van der Waals surface area contributed by atoms with Gasteiger partial charge in [0.05, 0.1) is 0 Å². The molecule has 50 valence electrons. The molecule has 0 aromatic carbocycles. The molecular weight excluding hydrogens is 120 g/mol. The molecule has 0 radical (unpaired) electrons. The van der Waals surface area contributed by atoms with Gasteiger partial charge in [-0.3, -0.25) is 0 Å². The zero-order chi connectivity index (χ0) is 3.58. The van der Waals surface area contributed by atoms with E-state index in [1.807, 2.05) is 0 Å². The van der Waals surface area contributed by atoms with Crippen molar-refractivity contribution in [1.82, 2.24) is 0 Å². The fraction of sp³-hybridized carbons (Fsp3) is 1.00. The average molecular weight is 128 g/mol. The third kappa shape index (κ3) is 3940. The number of rotatable bonds is 0. The number of halogens is 3. The SMILES string of the molecule is CC(C)O.[B+3].[F-].[F-].[F-]. The van der Waals surface area contributed by atoms with Crippen LogP contribution in [0.5, 0.6) is 0 Å². The number of aliphatic hydroxyl groups excluding tert-OH is 1. The second-order valence-electron chi connectivity index (χ2n) is 1.09. The molecule has 1 N–H and O–H groups in total. The monoisotopic (exact) mass is 128 g/mol. The van der Waals surface area contributed by atoms with E-state index in [0.29, 0.717) is 0 Å². The quantitative estimate of drug-likeness (QED) is 0.321. The Bertz CT molecular complexity index is 19.2. The minimum absolute atomic E-state index is 0. The van der Waals surface area contributed by atoms with Gasteiger partial charge in [0.2, 0.25) is 0 Å². The topological polar surface area (TPSA) is 20.2 Å². The van der Waals surface area contributed by atoms with Crippen molar-refractivity contribution in [3.63, 3.8) is 0 Å². The zero-order valence-corrected chi connectivity index (χ0v) is 4.74. The predicted octanol–water partition coefficient (Wildman–Crippen LogP) is -8.98. The Balaban J connectivity index is -0.00000000750. The van der Waals surface area contributed by atoms with Crippen LogP contribution in [0.15, 0.2) is 0 Å². The third-order valence-corrected chi connectivity index (χ3v) is 0. The van der Waals surface area contributed by atoms with E-state index in [1.54, 1.807) is 13.8 Å². The zero-order valence-electron chi connectivity index (χ0n) is 4.74. The van der Waals surface area contributed by atoms with Gasteiger partial charge in [-0.25, -0.2) is 0 Å². The Labute approximate surface area is 48.8 Å². The normalized spacial score (nSPS) is 4.50. The predicted molar refractivity (Wildman–Crippen MR) is 23.1 cm³/mol. The van der Waals surface area contributed by atoms with Crippen LogP contribution >= 0.6 is 0 Å². The molecule has 0 spiro atoms. The van der Waals surface area contributed by atoms with E-state index in [0.717, 1.165) is 0 Å². The molecule has 5 heteroatoms. The fourth-order valence-electron chi connectivity index (χ4n) is 0. The van der Waals surface area contributed by atoms with Crippen molar-refractivity contribution in [3.05, 3.63) is 0 Å². The van der Waals surface area contributed by atoms with Crippen LogP contribution in [-0.2, 0) is 0 Å². The molecule has 0 aromatic heterocycles. The molecule has 0 aromatic rings. The number of hydrogen-bond donors (Lipinski definition) is 1. The molecule has 1 nitrogen and oxygen atoms in total. The molecule has 0 saturated carbocycles. The molecular formula is C3H8BF3O. The summed E-state index contributed by atoms with van der Waals surface area (Å²) in [7, 11) is 0. The molecule has 0 atom stereocenters. The maximum absolute atomic E-state index is 8.06. The van der Waals surface area contributed by atoms with Crippen molar-refractivity contribution in [2.45, 2.75) is 20.0 Å². The molecule has 0 aliphatic carbocycles. The summed E-state index contributed by atoms with van der Waals surface area (Å²) in [6.07, 6.45) is -0.167. The fourth-order valence-corrected chi connectivity index (χ4v) is 0. The summed E-state index contributed by atoms with van der Waals surface area (Å²) in [4.78, 5) is 0. The Morgan fingerprint density at radius 3 is 1.00 bits per heavy atom. The van der Waals surface area contributed by atoms with E-state index in [1.165, 1.54) is 0 Å². The Hall–Kier alpha value is -0.185. The van der Waals surface area contributed by atoms with Crippen LogP contribution < -0.4 is 14.1 Å². The van der Waals surface area contributed by atoms with Crippen molar-refractivity contribution < 1.29 is 19.2 Å². The minimum atomic E-state index is -0.167. The van der Waals surface area contributed by atoms with E-state index in [9.17, 15) is 0 Å². The van der Waals surface area contributed by atoms with Gasteiger partial charge in [-0.05, 0) is 13.8 Å². The smallest absolute Gasteiger partial charge is 1.00 e. The van der Waals surface area contributed by atoms with Crippen LogP contribution in [0.3, 0.4) is 0 Å². The summed E-state index contributed by atoms with van der Waals surface area (Å²) in [6, 6.07) is 0. The second-order valence-corrected chi connectivity index (χ2v) is 1.09. The Morgan fingerprint density at radius 2 is 1.00 bits per heavy atom. The first-order valence-electron chi connectivity index (χ1n) is 1.41. The van der Waals surface area contributed by atoms with Crippen LogP contribution in [-0.4, -0.2) is 19.6 Å². The number of hydrogen-bond acceptors (Lipinski definition) is 1. The van der Waals surface area contributed by atoms with Crippen molar-refractivity contribution in [1.29, 1.82) is 0 Å². The molecule has 0 aliphatic heterocycles. The van der Waals surface area contributed by atoms with Crippen molar-refractivity contribution in [3.8, 4) is 0 Å². The van der Waals surface area contributed by atoms with Crippen LogP contribution in [0.25, 0.3) is 0 Å². The Kier molecular flexibility index (Phi) is 167. The first-order valence-corrected chi connectivity index (χ1v) is 1.41. The van der Waals surface area contributed by atoms with Crippen molar-refractivity contribution in [2.24, 2.45) is 0 Å². The molecule has 0 amide bonds. The van der Waals surface area contributed by atoms with E-state index < -0.39 is 0 Å². The molecule has 8 heavy (non-hydrogen) atoms. The van der Waals surface area contributed by atoms with Crippen LogP contribution in [0.2, 0.25) is 0 Å². The maximum atomic E-state index is 8.06. The standard InChI is InChI=1S/C3H8O.B.3FH/c1-3(2)4;;;;/h3-4H,1-2H3;;3*1H/q;+3;;;/p-3. The summed E-state index contributed by atoms with van der Waals surface area (Å²) < 4.78 is 0. The molecule has 0 aliphatic rings. The first-order chi connectivity index (χ1) is 1.73. The van der Waals surface area contributed by atoms with Crippen molar-refractivity contribution >= 4 is 8.41 Å². The van der Waals surface area contributed by atoms with Gasteiger partial charge in [0.15, 0.2) is 0 Å². The summed E-state index contributed by atoms with van der Waals surface area (Å²) in [5, 5.41) is 8.06. The van der Waals surface area contributed by atoms with E-state index in [2.05, 4.69) is 0 Å². The third-order valence-electron chi connectivity index (χ3n) is 0. The van der Waals surface area contributed by atoms with E-state index in [-0.39, 0.29) is 28.6 Å². The largest absolute Gasteiger partial charge is 3.00 e. The minimum Gasteiger partial charge on any atom is -1.00 e. The maximum Gasteiger partial charge on any atom is 3.00 e. The van der Waals surface area contributed by atoms with Gasteiger partial charge >= 0.3 is 8.41 Å². The molecule has 0 heterocycles. The molecule has 0 fully saturated rings. The van der Waals surface area contributed by atoms with Crippen molar-refractivity contribution in [2.75, 3.05) is 0 Å². The Morgan fingerprint density at radius 1 is 1.00 bits per heavy atom. The molecule has 0 bridgehead atoms. The summed E-state index contributed by atoms with van der Waals surface area (Å²) in [6.45, 7) is 3.44. The summed E-state index contributed by atoms with van der Waals surface area (Å²) >= 11 is 0. The van der Waals surface area contributed by atoms with Crippen LogP contribution in [0.1, 0.15) is 13.8 Å². The van der Waals surface area contributed by atoms with Gasteiger partial charge in [0.25, 0.3) is 0 Å². The first kappa shape index (κ1) is 45.8. The summed E-state index contributed by atoms with van der Waals surface area (Å²) in [5.74, 6) is 0. The van der Waals surface area contributed by atoms with E-state index in [4.69, 9.17) is 5.11 Å². The number of aliphatic hydroxyl groups is 1. The van der Waals surface area contributed by atoms with Crippen LogP contribution in [0.4, 0.5) is 0 Å². The van der Waals surface area contributed by atoms with Gasteiger partial charge in [0.1, 0.15) is 0 Å². The average Bonchev–Trinajstić information content (AvgIpc) is 0.811. The van der Waals surface area contributed by atoms with Crippen LogP contribution in [0, 0.1) is 0 Å². The molecule has 0 unspecified atom stereocenters. The second kappa shape index (κ2) is 29.1. The molecule has 0 saturated heterocycles. The van der Waals surface area contributed by atoms with Gasteiger partial charge in [0, 0.05) is 6.10 Å². The van der Waals surface area contributed by atoms with Gasteiger partial charge in [-0.2, -0.15) is 0 Å².